The topological polar surface area (TPSA) is 95.9 Å². The molecule has 1 saturated heterocycles. The summed E-state index contributed by atoms with van der Waals surface area (Å²) in [5.41, 5.74) is 0.258. The van der Waals surface area contributed by atoms with Gasteiger partial charge in [0.1, 0.15) is 10.6 Å². The lowest BCUT2D eigenvalue weighted by Crippen LogP contribution is -2.29. The van der Waals surface area contributed by atoms with Crippen molar-refractivity contribution in [3.63, 3.8) is 0 Å². The maximum Gasteiger partial charge on any atom is 0.251 e. The lowest BCUT2D eigenvalue weighted by atomic mass is 10.2. The van der Waals surface area contributed by atoms with E-state index in [1.807, 2.05) is 0 Å². The Morgan fingerprint density at radius 2 is 2.04 bits per heavy atom. The predicted molar refractivity (Wildman–Crippen MR) is 89.6 cm³/mol. The molecule has 1 aliphatic heterocycles. The molecule has 8 heteroatoms. The zero-order valence-electron chi connectivity index (χ0n) is 13.8. The number of hydrogen-bond acceptors (Lipinski definition) is 5. The zero-order chi connectivity index (χ0) is 17.6. The van der Waals surface area contributed by atoms with E-state index >= 15 is 0 Å². The van der Waals surface area contributed by atoms with E-state index in [9.17, 15) is 13.2 Å². The van der Waals surface area contributed by atoms with Crippen molar-refractivity contribution in [2.24, 2.45) is 0 Å². The van der Waals surface area contributed by atoms with E-state index in [4.69, 9.17) is 9.84 Å². The van der Waals surface area contributed by atoms with Gasteiger partial charge in [-0.25, -0.2) is 8.42 Å². The summed E-state index contributed by atoms with van der Waals surface area (Å²) in [6, 6.07) is 4.43. The number of rotatable bonds is 8. The van der Waals surface area contributed by atoms with Gasteiger partial charge in [0, 0.05) is 31.8 Å². The van der Waals surface area contributed by atoms with Gasteiger partial charge in [0.05, 0.1) is 6.61 Å². The summed E-state index contributed by atoms with van der Waals surface area (Å²) in [4.78, 5) is 12.2. The van der Waals surface area contributed by atoms with Crippen LogP contribution in [0.25, 0.3) is 0 Å². The lowest BCUT2D eigenvalue weighted by molar-refractivity contribution is 0.0951. The average molecular weight is 356 g/mol. The fraction of sp³-hybridized carbons (Fsp3) is 0.562. The molecule has 134 valence electrons. The summed E-state index contributed by atoms with van der Waals surface area (Å²) in [5.74, 6) is -0.110. The molecule has 0 radical (unpaired) electrons. The largest absolute Gasteiger partial charge is 0.492 e. The fourth-order valence-corrected chi connectivity index (χ4v) is 4.25. The van der Waals surface area contributed by atoms with E-state index < -0.39 is 10.0 Å². The normalized spacial score (nSPS) is 15.4. The molecule has 1 heterocycles. The Kier molecular flexibility index (Phi) is 6.59. The Bertz CT molecular complexity index is 669. The molecule has 24 heavy (non-hydrogen) atoms. The van der Waals surface area contributed by atoms with Crippen molar-refractivity contribution in [2.45, 2.75) is 31.1 Å². The highest BCUT2D eigenvalue weighted by Crippen LogP contribution is 2.30. The van der Waals surface area contributed by atoms with Crippen LogP contribution in [-0.4, -0.2) is 56.6 Å². The van der Waals surface area contributed by atoms with Crippen LogP contribution in [0.3, 0.4) is 0 Å². The molecule has 0 atom stereocenters. The molecular weight excluding hydrogens is 332 g/mol. The van der Waals surface area contributed by atoms with Crippen LogP contribution in [0, 0.1) is 0 Å². The number of benzene rings is 1. The van der Waals surface area contributed by atoms with E-state index in [1.165, 1.54) is 16.4 Å². The minimum Gasteiger partial charge on any atom is -0.492 e. The standard InChI is InChI=1S/C16H24N2O5S/c1-2-23-14-7-6-13(16(20)17-8-5-11-19)12-15(14)24(21,22)18-9-3-4-10-18/h6-7,12,19H,2-5,8-11H2,1H3,(H,17,20). The second-order valence-electron chi connectivity index (χ2n) is 5.54. The highest BCUT2D eigenvalue weighted by molar-refractivity contribution is 7.89. The van der Waals surface area contributed by atoms with Gasteiger partial charge in [-0.05, 0) is 44.4 Å². The first kappa shape index (κ1) is 18.7. The van der Waals surface area contributed by atoms with E-state index in [1.54, 1.807) is 13.0 Å². The van der Waals surface area contributed by atoms with Gasteiger partial charge in [-0.3, -0.25) is 4.79 Å². The van der Waals surface area contributed by atoms with Crippen LogP contribution in [-0.2, 0) is 10.0 Å². The second-order valence-corrected chi connectivity index (χ2v) is 7.45. The Labute approximate surface area is 142 Å². The van der Waals surface area contributed by atoms with Crippen LogP contribution in [0.4, 0.5) is 0 Å². The van der Waals surface area contributed by atoms with Gasteiger partial charge in [-0.2, -0.15) is 4.31 Å². The van der Waals surface area contributed by atoms with Crippen LogP contribution in [0.2, 0.25) is 0 Å². The monoisotopic (exact) mass is 356 g/mol. The van der Waals surface area contributed by atoms with E-state index in [0.29, 0.717) is 32.7 Å². The van der Waals surface area contributed by atoms with Crippen molar-refractivity contribution in [3.05, 3.63) is 23.8 Å². The Morgan fingerprint density at radius 3 is 2.67 bits per heavy atom. The molecule has 0 bridgehead atoms. The average Bonchev–Trinajstić information content (AvgIpc) is 3.11. The number of amides is 1. The fourth-order valence-electron chi connectivity index (χ4n) is 2.58. The number of nitrogens with one attached hydrogen (secondary N) is 1. The third-order valence-electron chi connectivity index (χ3n) is 3.81. The molecule has 1 amide bonds. The molecule has 1 aliphatic rings. The van der Waals surface area contributed by atoms with Crippen molar-refractivity contribution >= 4 is 15.9 Å². The quantitative estimate of drug-likeness (QED) is 0.677. The number of nitrogens with zero attached hydrogens (tertiary/aromatic N) is 1. The van der Waals surface area contributed by atoms with Crippen LogP contribution < -0.4 is 10.1 Å². The van der Waals surface area contributed by atoms with Gasteiger partial charge >= 0.3 is 0 Å². The SMILES string of the molecule is CCOc1ccc(C(=O)NCCCO)cc1S(=O)(=O)N1CCCC1. The number of aliphatic hydroxyl groups is 1. The van der Waals surface area contributed by atoms with E-state index in [-0.39, 0.29) is 28.7 Å². The molecule has 1 aromatic rings. The van der Waals surface area contributed by atoms with Crippen LogP contribution >= 0.6 is 0 Å². The summed E-state index contributed by atoms with van der Waals surface area (Å²) in [6.07, 6.45) is 2.12. The highest BCUT2D eigenvalue weighted by Gasteiger charge is 2.30. The zero-order valence-corrected chi connectivity index (χ0v) is 14.6. The molecule has 7 nitrogen and oxygen atoms in total. The van der Waals surface area contributed by atoms with Crippen molar-refractivity contribution in [3.8, 4) is 5.75 Å². The Morgan fingerprint density at radius 1 is 1.33 bits per heavy atom. The van der Waals surface area contributed by atoms with E-state index in [0.717, 1.165) is 12.8 Å². The predicted octanol–water partition coefficient (Wildman–Crippen LogP) is 0.982. The van der Waals surface area contributed by atoms with E-state index in [2.05, 4.69) is 5.32 Å². The summed E-state index contributed by atoms with van der Waals surface area (Å²) in [6.45, 7) is 3.41. The number of hydrogen-bond donors (Lipinski definition) is 2. The molecule has 2 N–H and O–H groups in total. The Balaban J connectivity index is 2.32. The van der Waals surface area contributed by atoms with Crippen LogP contribution in [0.15, 0.2) is 23.1 Å². The second kappa shape index (κ2) is 8.46. The van der Waals surface area contributed by atoms with Crippen molar-refractivity contribution < 1.29 is 23.1 Å². The summed E-state index contributed by atoms with van der Waals surface area (Å²) in [5, 5.41) is 11.4. The molecule has 0 unspecified atom stereocenters. The third kappa shape index (κ3) is 4.25. The number of carbonyl (C=O) groups is 1. The number of aliphatic hydroxyl groups excluding tert-OH is 1. The van der Waals surface area contributed by atoms with Crippen LogP contribution in [0.5, 0.6) is 5.75 Å². The molecule has 1 aromatic carbocycles. The Hall–Kier alpha value is -1.64. The van der Waals surface area contributed by atoms with Crippen molar-refractivity contribution in [2.75, 3.05) is 32.8 Å². The minimum atomic E-state index is -3.68. The summed E-state index contributed by atoms with van der Waals surface area (Å²) in [7, 11) is -3.68. The first-order valence-electron chi connectivity index (χ1n) is 8.16. The smallest absolute Gasteiger partial charge is 0.251 e. The highest BCUT2D eigenvalue weighted by atomic mass is 32.2. The molecule has 1 fully saturated rings. The van der Waals surface area contributed by atoms with Gasteiger partial charge in [-0.1, -0.05) is 0 Å². The van der Waals surface area contributed by atoms with Crippen molar-refractivity contribution in [1.29, 1.82) is 0 Å². The summed E-state index contributed by atoms with van der Waals surface area (Å²) >= 11 is 0. The van der Waals surface area contributed by atoms with Crippen molar-refractivity contribution in [1.82, 2.24) is 9.62 Å². The first-order chi connectivity index (χ1) is 11.5. The van der Waals surface area contributed by atoms with Gasteiger partial charge in [0.15, 0.2) is 0 Å². The molecule has 0 aliphatic carbocycles. The van der Waals surface area contributed by atoms with Gasteiger partial charge in [-0.15, -0.1) is 0 Å². The van der Waals surface area contributed by atoms with Gasteiger partial charge < -0.3 is 15.2 Å². The number of carbonyl (C=O) groups excluding carboxylic acids is 1. The third-order valence-corrected chi connectivity index (χ3v) is 5.73. The minimum absolute atomic E-state index is 0.0157. The molecule has 0 spiro atoms. The molecule has 2 rings (SSSR count). The first-order valence-corrected chi connectivity index (χ1v) is 9.60. The lowest BCUT2D eigenvalue weighted by Gasteiger charge is -2.19. The molecule has 0 saturated carbocycles. The maximum atomic E-state index is 12.8. The number of sulfonamides is 1. The van der Waals surface area contributed by atoms with Gasteiger partial charge in [0.2, 0.25) is 10.0 Å². The number of ether oxygens (including phenoxy) is 1. The molecular formula is C16H24N2O5S. The summed E-state index contributed by atoms with van der Waals surface area (Å²) < 4.78 is 32.6. The van der Waals surface area contributed by atoms with Crippen LogP contribution in [0.1, 0.15) is 36.5 Å². The molecule has 0 aromatic heterocycles. The maximum absolute atomic E-state index is 12.8. The van der Waals surface area contributed by atoms with Gasteiger partial charge in [0.25, 0.3) is 5.91 Å².